The van der Waals surface area contributed by atoms with E-state index >= 15 is 0 Å². The molecule has 3 heteroatoms. The van der Waals surface area contributed by atoms with Crippen LogP contribution in [0.5, 0.6) is 0 Å². The molecule has 0 spiro atoms. The Morgan fingerprint density at radius 2 is 1.82 bits per heavy atom. The molecule has 0 aliphatic carbocycles. The minimum Gasteiger partial charge on any atom is -0.348 e. The molecule has 0 bridgehead atoms. The van der Waals surface area contributed by atoms with Crippen LogP contribution in [0, 0.1) is 20.8 Å². The summed E-state index contributed by atoms with van der Waals surface area (Å²) in [4.78, 5) is 12.2. The minimum atomic E-state index is -0.0208. The van der Waals surface area contributed by atoms with Crippen molar-refractivity contribution in [2.24, 2.45) is 0 Å². The molecule has 0 aliphatic heterocycles. The first kappa shape index (κ1) is 14.0. The van der Waals surface area contributed by atoms with E-state index < -0.39 is 0 Å². The summed E-state index contributed by atoms with van der Waals surface area (Å²) in [6, 6.07) is 4.11. The molecule has 0 heterocycles. The standard InChI is InChI=1S/C14H20ClNO/c1-5-12(8-15)16-14(17)13-10(3)6-9(2)7-11(13)4/h6-7,12H,5,8H2,1-4H3,(H,16,17). The van der Waals surface area contributed by atoms with Gasteiger partial charge < -0.3 is 5.32 Å². The van der Waals surface area contributed by atoms with Crippen LogP contribution < -0.4 is 5.32 Å². The third-order valence-corrected chi connectivity index (χ3v) is 3.29. The molecular formula is C14H20ClNO. The lowest BCUT2D eigenvalue weighted by molar-refractivity contribution is 0.0938. The van der Waals surface area contributed by atoms with Gasteiger partial charge in [0.05, 0.1) is 0 Å². The highest BCUT2D eigenvalue weighted by Gasteiger charge is 2.15. The molecule has 0 fully saturated rings. The maximum atomic E-state index is 12.2. The topological polar surface area (TPSA) is 29.1 Å². The average molecular weight is 254 g/mol. The first-order valence-electron chi connectivity index (χ1n) is 5.94. The summed E-state index contributed by atoms with van der Waals surface area (Å²) >= 11 is 5.79. The average Bonchev–Trinajstić information content (AvgIpc) is 2.24. The van der Waals surface area contributed by atoms with Gasteiger partial charge in [-0.05, 0) is 38.3 Å². The minimum absolute atomic E-state index is 0.0208. The molecule has 0 saturated heterocycles. The highest BCUT2D eigenvalue weighted by atomic mass is 35.5. The van der Waals surface area contributed by atoms with Crippen molar-refractivity contribution in [1.29, 1.82) is 0 Å². The van der Waals surface area contributed by atoms with Crippen LogP contribution >= 0.6 is 11.6 Å². The normalized spacial score (nSPS) is 12.3. The van der Waals surface area contributed by atoms with Crippen molar-refractivity contribution in [3.63, 3.8) is 0 Å². The van der Waals surface area contributed by atoms with Crippen LogP contribution in [-0.2, 0) is 0 Å². The summed E-state index contributed by atoms with van der Waals surface area (Å²) in [5.41, 5.74) is 3.99. The molecule has 94 valence electrons. The maximum absolute atomic E-state index is 12.2. The third kappa shape index (κ3) is 3.47. The molecule has 1 aromatic carbocycles. The lowest BCUT2D eigenvalue weighted by atomic mass is 9.99. The SMILES string of the molecule is CCC(CCl)NC(=O)c1c(C)cc(C)cc1C. The highest BCUT2D eigenvalue weighted by Crippen LogP contribution is 2.16. The van der Waals surface area contributed by atoms with E-state index in [0.717, 1.165) is 23.1 Å². The molecule has 0 aromatic heterocycles. The Labute approximate surface area is 108 Å². The smallest absolute Gasteiger partial charge is 0.252 e. The van der Waals surface area contributed by atoms with E-state index in [9.17, 15) is 4.79 Å². The van der Waals surface area contributed by atoms with Gasteiger partial charge in [-0.2, -0.15) is 0 Å². The zero-order valence-corrected chi connectivity index (χ0v) is 11.7. The largest absolute Gasteiger partial charge is 0.348 e. The van der Waals surface area contributed by atoms with E-state index in [1.807, 2.05) is 39.8 Å². The lowest BCUT2D eigenvalue weighted by Gasteiger charge is -2.16. The Kier molecular flexibility index (Phi) is 5.01. The van der Waals surface area contributed by atoms with Crippen molar-refractivity contribution in [3.05, 3.63) is 34.4 Å². The van der Waals surface area contributed by atoms with Crippen molar-refractivity contribution in [2.75, 3.05) is 5.88 Å². The summed E-state index contributed by atoms with van der Waals surface area (Å²) in [5.74, 6) is 0.430. The molecule has 1 unspecified atom stereocenters. The van der Waals surface area contributed by atoms with Gasteiger partial charge in [-0.3, -0.25) is 4.79 Å². The van der Waals surface area contributed by atoms with E-state index in [4.69, 9.17) is 11.6 Å². The predicted octanol–water partition coefficient (Wildman–Crippen LogP) is 3.36. The molecule has 1 N–H and O–H groups in total. The van der Waals surface area contributed by atoms with E-state index in [-0.39, 0.29) is 11.9 Å². The van der Waals surface area contributed by atoms with Crippen molar-refractivity contribution in [1.82, 2.24) is 5.32 Å². The van der Waals surface area contributed by atoms with Crippen LogP contribution in [-0.4, -0.2) is 17.8 Å². The van der Waals surface area contributed by atoms with E-state index in [1.54, 1.807) is 0 Å². The third-order valence-electron chi connectivity index (χ3n) is 2.92. The fourth-order valence-corrected chi connectivity index (χ4v) is 2.34. The second kappa shape index (κ2) is 6.06. The van der Waals surface area contributed by atoms with Gasteiger partial charge in [0.15, 0.2) is 0 Å². The van der Waals surface area contributed by atoms with E-state index in [2.05, 4.69) is 5.32 Å². The lowest BCUT2D eigenvalue weighted by Crippen LogP contribution is -2.36. The Morgan fingerprint density at radius 3 is 2.24 bits per heavy atom. The van der Waals surface area contributed by atoms with Gasteiger partial charge >= 0.3 is 0 Å². The number of carbonyl (C=O) groups excluding carboxylic acids is 1. The van der Waals surface area contributed by atoms with Crippen molar-refractivity contribution < 1.29 is 4.79 Å². The number of nitrogens with one attached hydrogen (secondary N) is 1. The van der Waals surface area contributed by atoms with Crippen molar-refractivity contribution >= 4 is 17.5 Å². The zero-order valence-electron chi connectivity index (χ0n) is 10.9. The second-order valence-corrected chi connectivity index (χ2v) is 4.82. The Hall–Kier alpha value is -1.02. The van der Waals surface area contributed by atoms with Gasteiger partial charge in [0.1, 0.15) is 0 Å². The van der Waals surface area contributed by atoms with Gasteiger partial charge in [-0.1, -0.05) is 24.6 Å². The van der Waals surface area contributed by atoms with Gasteiger partial charge in [0.25, 0.3) is 5.91 Å². The fourth-order valence-electron chi connectivity index (χ4n) is 2.05. The van der Waals surface area contributed by atoms with Crippen LogP contribution in [0.4, 0.5) is 0 Å². The molecule has 1 rings (SSSR count). The molecule has 1 amide bonds. The fraction of sp³-hybridized carbons (Fsp3) is 0.500. The number of alkyl halides is 1. The van der Waals surface area contributed by atoms with Crippen LogP contribution in [0.2, 0.25) is 0 Å². The molecule has 1 aromatic rings. The molecule has 0 saturated carbocycles. The number of halogens is 1. The number of hydrogen-bond donors (Lipinski definition) is 1. The van der Waals surface area contributed by atoms with Crippen LogP contribution in [0.25, 0.3) is 0 Å². The molecule has 1 atom stereocenters. The van der Waals surface area contributed by atoms with Crippen LogP contribution in [0.15, 0.2) is 12.1 Å². The Bertz CT molecular complexity index is 388. The van der Waals surface area contributed by atoms with Gasteiger partial charge in [0, 0.05) is 17.5 Å². The Balaban J connectivity index is 2.96. The summed E-state index contributed by atoms with van der Waals surface area (Å²) in [7, 11) is 0. The molecule has 17 heavy (non-hydrogen) atoms. The quantitative estimate of drug-likeness (QED) is 0.820. The Morgan fingerprint density at radius 1 is 1.29 bits per heavy atom. The predicted molar refractivity (Wildman–Crippen MR) is 72.9 cm³/mol. The first-order chi connectivity index (χ1) is 7.99. The van der Waals surface area contributed by atoms with Crippen molar-refractivity contribution in [2.45, 2.75) is 40.2 Å². The van der Waals surface area contributed by atoms with Crippen molar-refractivity contribution in [3.8, 4) is 0 Å². The van der Waals surface area contributed by atoms with E-state index in [0.29, 0.717) is 5.88 Å². The summed E-state index contributed by atoms with van der Waals surface area (Å²) in [6.45, 7) is 7.99. The zero-order chi connectivity index (χ0) is 13.0. The van der Waals surface area contributed by atoms with Crippen LogP contribution in [0.3, 0.4) is 0 Å². The highest BCUT2D eigenvalue weighted by molar-refractivity contribution is 6.18. The first-order valence-corrected chi connectivity index (χ1v) is 6.47. The van der Waals surface area contributed by atoms with Crippen LogP contribution in [0.1, 0.15) is 40.4 Å². The van der Waals surface area contributed by atoms with Gasteiger partial charge in [-0.25, -0.2) is 0 Å². The maximum Gasteiger partial charge on any atom is 0.252 e. The van der Waals surface area contributed by atoms with Gasteiger partial charge in [-0.15, -0.1) is 11.6 Å². The van der Waals surface area contributed by atoms with Gasteiger partial charge in [0.2, 0.25) is 0 Å². The second-order valence-electron chi connectivity index (χ2n) is 4.51. The number of benzene rings is 1. The monoisotopic (exact) mass is 253 g/mol. The molecule has 0 radical (unpaired) electrons. The molecule has 2 nitrogen and oxygen atoms in total. The van der Waals surface area contributed by atoms with E-state index in [1.165, 1.54) is 5.56 Å². The number of rotatable bonds is 4. The number of aryl methyl sites for hydroxylation is 3. The molecular weight excluding hydrogens is 234 g/mol. The summed E-state index contributed by atoms with van der Waals surface area (Å²) < 4.78 is 0. The summed E-state index contributed by atoms with van der Waals surface area (Å²) in [6.07, 6.45) is 0.846. The molecule has 0 aliphatic rings. The number of amides is 1. The summed E-state index contributed by atoms with van der Waals surface area (Å²) in [5, 5.41) is 2.96. The number of hydrogen-bond acceptors (Lipinski definition) is 1. The number of carbonyl (C=O) groups is 1.